The van der Waals surface area contributed by atoms with E-state index in [2.05, 4.69) is 0 Å². The summed E-state index contributed by atoms with van der Waals surface area (Å²) in [5.74, 6) is -1.01. The van der Waals surface area contributed by atoms with Crippen LogP contribution in [-0.4, -0.2) is 18.5 Å². The molecule has 4 heteroatoms. The van der Waals surface area contributed by atoms with Gasteiger partial charge in [0, 0.05) is 5.56 Å². The van der Waals surface area contributed by atoms with Crippen molar-refractivity contribution in [2.75, 3.05) is 6.61 Å². The van der Waals surface area contributed by atoms with E-state index in [0.29, 0.717) is 11.1 Å². The van der Waals surface area contributed by atoms with Crippen molar-refractivity contribution in [2.45, 2.75) is 20.0 Å². The minimum absolute atomic E-state index is 0.250. The Balaban J connectivity index is 2.13. The van der Waals surface area contributed by atoms with Crippen LogP contribution in [0.1, 0.15) is 34.5 Å². The van der Waals surface area contributed by atoms with Gasteiger partial charge in [-0.25, -0.2) is 9.59 Å². The van der Waals surface area contributed by atoms with Crippen molar-refractivity contribution in [1.82, 2.24) is 0 Å². The second-order valence-electron chi connectivity index (χ2n) is 5.12. The minimum Gasteiger partial charge on any atom is -0.463 e. The highest BCUT2D eigenvalue weighted by molar-refractivity contribution is 6.04. The molecule has 0 fully saturated rings. The van der Waals surface area contributed by atoms with Crippen LogP contribution in [0.2, 0.25) is 0 Å². The van der Waals surface area contributed by atoms with Crippen LogP contribution in [0.4, 0.5) is 0 Å². The smallest absolute Gasteiger partial charge is 0.352 e. The molecule has 1 atom stereocenters. The molecule has 0 N–H and O–H groups in total. The van der Waals surface area contributed by atoms with Crippen LogP contribution in [-0.2, 0) is 14.3 Å². The summed E-state index contributed by atoms with van der Waals surface area (Å²) in [7, 11) is 0. The lowest BCUT2D eigenvalue weighted by Crippen LogP contribution is -2.15. The fraction of sp³-hybridized carbons (Fsp3) is 0.222. The molecule has 112 valence electrons. The molecule has 1 unspecified atom stereocenters. The highest BCUT2D eigenvalue weighted by Gasteiger charge is 2.39. The number of esters is 2. The number of ether oxygens (including phenoxy) is 2. The van der Waals surface area contributed by atoms with Crippen molar-refractivity contribution in [2.24, 2.45) is 0 Å². The SMILES string of the molecule is CCOC(=O)C1OC(=O)c2c(-c3ccccc3C)cccc21. The zero-order chi connectivity index (χ0) is 15.7. The minimum atomic E-state index is -0.966. The molecule has 4 nitrogen and oxygen atoms in total. The van der Waals surface area contributed by atoms with Gasteiger partial charge >= 0.3 is 11.9 Å². The van der Waals surface area contributed by atoms with Gasteiger partial charge in [-0.3, -0.25) is 0 Å². The van der Waals surface area contributed by atoms with E-state index < -0.39 is 18.0 Å². The number of hydrogen-bond acceptors (Lipinski definition) is 4. The highest BCUT2D eigenvalue weighted by atomic mass is 16.6. The van der Waals surface area contributed by atoms with E-state index in [4.69, 9.17) is 9.47 Å². The Labute approximate surface area is 128 Å². The van der Waals surface area contributed by atoms with Gasteiger partial charge in [-0.1, -0.05) is 42.5 Å². The number of fused-ring (bicyclic) bond motifs is 1. The summed E-state index contributed by atoms with van der Waals surface area (Å²) in [6.45, 7) is 3.96. The first-order valence-corrected chi connectivity index (χ1v) is 7.20. The van der Waals surface area contributed by atoms with Crippen molar-refractivity contribution in [3.8, 4) is 11.1 Å². The fourth-order valence-electron chi connectivity index (χ4n) is 2.74. The molecular weight excluding hydrogens is 280 g/mol. The summed E-state index contributed by atoms with van der Waals surface area (Å²) in [6, 6.07) is 13.2. The van der Waals surface area contributed by atoms with Crippen molar-refractivity contribution < 1.29 is 19.1 Å². The maximum Gasteiger partial charge on any atom is 0.352 e. The number of hydrogen-bond donors (Lipinski definition) is 0. The number of benzene rings is 2. The molecule has 0 saturated heterocycles. The van der Waals surface area contributed by atoms with E-state index in [1.54, 1.807) is 13.0 Å². The predicted octanol–water partition coefficient (Wildman–Crippen LogP) is 3.44. The summed E-state index contributed by atoms with van der Waals surface area (Å²) in [5, 5.41) is 0. The highest BCUT2D eigenvalue weighted by Crippen LogP contribution is 2.38. The molecule has 2 aromatic carbocycles. The Morgan fingerprint density at radius 1 is 1.14 bits per heavy atom. The number of cyclic esters (lactones) is 1. The monoisotopic (exact) mass is 296 g/mol. The van der Waals surface area contributed by atoms with Gasteiger partial charge in [0.1, 0.15) is 0 Å². The normalized spacial score (nSPS) is 16.1. The maximum absolute atomic E-state index is 12.3. The van der Waals surface area contributed by atoms with Crippen LogP contribution in [0, 0.1) is 6.92 Å². The van der Waals surface area contributed by atoms with Gasteiger partial charge in [0.2, 0.25) is 6.10 Å². The molecule has 0 aromatic heterocycles. The van der Waals surface area contributed by atoms with Crippen LogP contribution >= 0.6 is 0 Å². The van der Waals surface area contributed by atoms with Crippen LogP contribution in [0.15, 0.2) is 42.5 Å². The largest absolute Gasteiger partial charge is 0.463 e. The zero-order valence-corrected chi connectivity index (χ0v) is 12.5. The third-order valence-electron chi connectivity index (χ3n) is 3.74. The first kappa shape index (κ1) is 14.3. The topological polar surface area (TPSA) is 52.6 Å². The van der Waals surface area contributed by atoms with Crippen molar-refractivity contribution >= 4 is 11.9 Å². The molecule has 0 bridgehead atoms. The lowest BCUT2D eigenvalue weighted by Gasteiger charge is -2.10. The van der Waals surface area contributed by atoms with E-state index >= 15 is 0 Å². The van der Waals surface area contributed by atoms with Gasteiger partial charge in [-0.2, -0.15) is 0 Å². The van der Waals surface area contributed by atoms with Crippen molar-refractivity contribution in [1.29, 1.82) is 0 Å². The average Bonchev–Trinajstić information content (AvgIpc) is 2.86. The Morgan fingerprint density at radius 3 is 2.59 bits per heavy atom. The Bertz CT molecular complexity index is 749. The Morgan fingerprint density at radius 2 is 1.86 bits per heavy atom. The van der Waals surface area contributed by atoms with Crippen LogP contribution < -0.4 is 0 Å². The summed E-state index contributed by atoms with van der Waals surface area (Å²) in [4.78, 5) is 24.2. The number of rotatable bonds is 3. The van der Waals surface area contributed by atoms with Crippen molar-refractivity contribution in [3.05, 3.63) is 59.2 Å². The summed E-state index contributed by atoms with van der Waals surface area (Å²) in [6.07, 6.45) is -0.966. The molecule has 22 heavy (non-hydrogen) atoms. The Kier molecular flexibility index (Phi) is 3.67. The molecule has 0 radical (unpaired) electrons. The standard InChI is InChI=1S/C18H16O4/c1-3-21-18(20)16-14-10-6-9-13(15(14)17(19)22-16)12-8-5-4-7-11(12)2/h4-10,16H,3H2,1-2H3. The number of carbonyl (C=O) groups is 2. The van der Waals surface area contributed by atoms with Gasteiger partial charge in [0.15, 0.2) is 0 Å². The quantitative estimate of drug-likeness (QED) is 0.814. The molecule has 2 aromatic rings. The predicted molar refractivity (Wildman–Crippen MR) is 81.4 cm³/mol. The third kappa shape index (κ3) is 2.26. The van der Waals surface area contributed by atoms with E-state index in [1.807, 2.05) is 43.3 Å². The van der Waals surface area contributed by atoms with Gasteiger partial charge < -0.3 is 9.47 Å². The maximum atomic E-state index is 12.3. The third-order valence-corrected chi connectivity index (χ3v) is 3.74. The van der Waals surface area contributed by atoms with E-state index in [9.17, 15) is 9.59 Å². The lowest BCUT2D eigenvalue weighted by atomic mass is 9.92. The van der Waals surface area contributed by atoms with Gasteiger partial charge in [-0.15, -0.1) is 0 Å². The number of aryl methyl sites for hydroxylation is 1. The van der Waals surface area contributed by atoms with E-state index in [0.717, 1.165) is 16.7 Å². The van der Waals surface area contributed by atoms with Crippen LogP contribution in [0.3, 0.4) is 0 Å². The fourth-order valence-corrected chi connectivity index (χ4v) is 2.74. The molecule has 1 heterocycles. The van der Waals surface area contributed by atoms with Crippen LogP contribution in [0.5, 0.6) is 0 Å². The molecule has 1 aliphatic heterocycles. The molecular formula is C18H16O4. The molecule has 3 rings (SSSR count). The molecule has 1 aliphatic rings. The number of carbonyl (C=O) groups excluding carboxylic acids is 2. The summed E-state index contributed by atoms with van der Waals surface area (Å²) in [5.41, 5.74) is 3.83. The van der Waals surface area contributed by atoms with Crippen molar-refractivity contribution in [3.63, 3.8) is 0 Å². The Hall–Kier alpha value is -2.62. The molecule has 0 spiro atoms. The zero-order valence-electron chi connectivity index (χ0n) is 12.5. The first-order valence-electron chi connectivity index (χ1n) is 7.20. The lowest BCUT2D eigenvalue weighted by molar-refractivity contribution is -0.153. The van der Waals surface area contributed by atoms with E-state index in [1.165, 1.54) is 0 Å². The van der Waals surface area contributed by atoms with E-state index in [-0.39, 0.29) is 6.61 Å². The summed E-state index contributed by atoms with van der Waals surface area (Å²) >= 11 is 0. The summed E-state index contributed by atoms with van der Waals surface area (Å²) < 4.78 is 10.2. The van der Waals surface area contributed by atoms with Gasteiger partial charge in [-0.05, 0) is 30.5 Å². The molecule has 0 aliphatic carbocycles. The van der Waals surface area contributed by atoms with Gasteiger partial charge in [0.05, 0.1) is 12.2 Å². The first-order chi connectivity index (χ1) is 10.6. The van der Waals surface area contributed by atoms with Gasteiger partial charge in [0.25, 0.3) is 0 Å². The molecule has 0 saturated carbocycles. The second-order valence-corrected chi connectivity index (χ2v) is 5.12. The second kappa shape index (κ2) is 5.64. The van der Waals surface area contributed by atoms with Crippen LogP contribution in [0.25, 0.3) is 11.1 Å². The average molecular weight is 296 g/mol. The molecule has 0 amide bonds.